The van der Waals surface area contributed by atoms with Crippen molar-refractivity contribution in [2.24, 2.45) is 0 Å². The lowest BCUT2D eigenvalue weighted by Gasteiger charge is -2.20. The molecule has 0 radical (unpaired) electrons. The third-order valence-corrected chi connectivity index (χ3v) is 6.44. The van der Waals surface area contributed by atoms with Crippen LogP contribution in [-0.4, -0.2) is 61.6 Å². The number of likely N-dealkylation sites (N-methyl/N-ethyl adjacent to an activating group) is 1. The molecule has 4 rings (SSSR count). The van der Waals surface area contributed by atoms with Gasteiger partial charge in [0, 0.05) is 46.8 Å². The number of nitrogens with one attached hydrogen (secondary N) is 1. The topological polar surface area (TPSA) is 57.8 Å². The number of aromatic nitrogens is 1. The second-order valence-corrected chi connectivity index (χ2v) is 8.92. The van der Waals surface area contributed by atoms with Gasteiger partial charge < -0.3 is 24.3 Å². The van der Waals surface area contributed by atoms with Crippen LogP contribution in [-0.2, 0) is 13.0 Å². The summed E-state index contributed by atoms with van der Waals surface area (Å²) < 4.78 is 11.8. The molecule has 7 heteroatoms. The molecular weight excluding hydrogens is 458 g/mol. The van der Waals surface area contributed by atoms with E-state index in [-0.39, 0.29) is 5.91 Å². The van der Waals surface area contributed by atoms with Crippen molar-refractivity contribution in [3.05, 3.63) is 57.7 Å². The van der Waals surface area contributed by atoms with Crippen LogP contribution in [0.2, 0.25) is 0 Å². The van der Waals surface area contributed by atoms with Gasteiger partial charge in [0.1, 0.15) is 0 Å². The second-order valence-electron chi connectivity index (χ2n) is 8.00. The molecule has 1 aliphatic rings. The summed E-state index contributed by atoms with van der Waals surface area (Å²) in [5.41, 5.74) is 4.22. The lowest BCUT2D eigenvalue weighted by molar-refractivity contribution is 0.0772. The molecule has 164 valence electrons. The number of carbonyl (C=O) groups is 1. The van der Waals surface area contributed by atoms with E-state index in [1.807, 2.05) is 11.0 Å². The molecule has 0 saturated carbocycles. The Balaban J connectivity index is 1.28. The van der Waals surface area contributed by atoms with E-state index >= 15 is 0 Å². The molecule has 2 heterocycles. The number of benzene rings is 2. The maximum Gasteiger partial charge on any atom is 0.254 e. The number of amides is 1. The highest BCUT2D eigenvalue weighted by molar-refractivity contribution is 9.10. The van der Waals surface area contributed by atoms with Crippen molar-refractivity contribution in [3.8, 4) is 11.5 Å². The van der Waals surface area contributed by atoms with E-state index in [4.69, 9.17) is 9.47 Å². The van der Waals surface area contributed by atoms with Gasteiger partial charge in [0.2, 0.25) is 0 Å². The van der Waals surface area contributed by atoms with Crippen molar-refractivity contribution in [2.75, 3.05) is 40.9 Å². The van der Waals surface area contributed by atoms with Crippen LogP contribution >= 0.6 is 15.9 Å². The number of carbonyl (C=O) groups excluding carboxylic acids is 1. The molecule has 1 aromatic heterocycles. The molecule has 0 aliphatic carbocycles. The van der Waals surface area contributed by atoms with Crippen LogP contribution in [0.15, 0.2) is 41.0 Å². The Morgan fingerprint density at radius 3 is 2.68 bits per heavy atom. The number of H-pyrrole nitrogens is 1. The van der Waals surface area contributed by atoms with Gasteiger partial charge in [-0.25, -0.2) is 0 Å². The van der Waals surface area contributed by atoms with E-state index in [2.05, 4.69) is 57.3 Å². The number of halogens is 1. The fourth-order valence-electron chi connectivity index (χ4n) is 4.19. The zero-order valence-electron chi connectivity index (χ0n) is 18.2. The summed E-state index contributed by atoms with van der Waals surface area (Å²) in [6.45, 7) is 3.28. The Labute approximate surface area is 191 Å². The van der Waals surface area contributed by atoms with Gasteiger partial charge >= 0.3 is 0 Å². The van der Waals surface area contributed by atoms with Crippen molar-refractivity contribution in [2.45, 2.75) is 19.4 Å². The summed E-state index contributed by atoms with van der Waals surface area (Å²) in [7, 11) is 5.34. The zero-order valence-corrected chi connectivity index (χ0v) is 19.8. The number of rotatable bonds is 9. The molecule has 0 atom stereocenters. The van der Waals surface area contributed by atoms with Crippen molar-refractivity contribution in [1.82, 2.24) is 14.8 Å². The van der Waals surface area contributed by atoms with Gasteiger partial charge in [-0.3, -0.25) is 4.79 Å². The Kier molecular flexibility index (Phi) is 6.53. The first-order chi connectivity index (χ1) is 15.0. The van der Waals surface area contributed by atoms with Crippen LogP contribution in [0.5, 0.6) is 11.5 Å². The van der Waals surface area contributed by atoms with Gasteiger partial charge in [0.25, 0.3) is 5.91 Å². The van der Waals surface area contributed by atoms with Crippen LogP contribution in [0.4, 0.5) is 0 Å². The number of ether oxygens (including phenoxy) is 2. The Morgan fingerprint density at radius 1 is 1.13 bits per heavy atom. The van der Waals surface area contributed by atoms with Gasteiger partial charge in [-0.05, 0) is 67.9 Å². The summed E-state index contributed by atoms with van der Waals surface area (Å²) in [6, 6.07) is 10.0. The minimum atomic E-state index is 0.0722. The summed E-state index contributed by atoms with van der Waals surface area (Å²) >= 11 is 3.56. The molecule has 0 spiro atoms. The first-order valence-electron chi connectivity index (χ1n) is 10.5. The SMILES string of the molecule is COc1cc2c(cc1OC)C(=O)N(CCCN(C)CCc1c[nH]c3ccc(Br)cc13)C2. The first-order valence-corrected chi connectivity index (χ1v) is 11.3. The fourth-order valence-corrected chi connectivity index (χ4v) is 4.55. The van der Waals surface area contributed by atoms with Crippen molar-refractivity contribution < 1.29 is 14.3 Å². The molecule has 2 aromatic carbocycles. The fraction of sp³-hybridized carbons (Fsp3) is 0.375. The van der Waals surface area contributed by atoms with Crippen molar-refractivity contribution >= 4 is 32.7 Å². The number of fused-ring (bicyclic) bond motifs is 2. The van der Waals surface area contributed by atoms with Crippen molar-refractivity contribution in [3.63, 3.8) is 0 Å². The van der Waals surface area contributed by atoms with Gasteiger partial charge in [0.05, 0.1) is 14.2 Å². The molecule has 0 fully saturated rings. The minimum absolute atomic E-state index is 0.0722. The largest absolute Gasteiger partial charge is 0.493 e. The second kappa shape index (κ2) is 9.32. The van der Waals surface area contributed by atoms with Crippen LogP contribution in [0.3, 0.4) is 0 Å². The molecule has 1 amide bonds. The molecule has 0 unspecified atom stereocenters. The zero-order chi connectivity index (χ0) is 22.0. The van der Waals surface area contributed by atoms with Crippen LogP contribution in [0.1, 0.15) is 27.9 Å². The van der Waals surface area contributed by atoms with Gasteiger partial charge in [0.15, 0.2) is 11.5 Å². The van der Waals surface area contributed by atoms with Gasteiger partial charge in [-0.15, -0.1) is 0 Å². The first kappa shape index (κ1) is 21.7. The van der Waals surface area contributed by atoms with Crippen LogP contribution in [0, 0.1) is 0 Å². The molecule has 31 heavy (non-hydrogen) atoms. The van der Waals surface area contributed by atoms with Crippen LogP contribution < -0.4 is 9.47 Å². The maximum absolute atomic E-state index is 12.8. The highest BCUT2D eigenvalue weighted by Crippen LogP contribution is 2.35. The molecule has 0 bridgehead atoms. The van der Waals surface area contributed by atoms with Gasteiger partial charge in [-0.2, -0.15) is 0 Å². The van der Waals surface area contributed by atoms with E-state index in [0.717, 1.165) is 48.1 Å². The molecular formula is C24H28BrN3O3. The highest BCUT2D eigenvalue weighted by Gasteiger charge is 2.29. The van der Waals surface area contributed by atoms with Crippen LogP contribution in [0.25, 0.3) is 10.9 Å². The average Bonchev–Trinajstić information content (AvgIpc) is 3.31. The lowest BCUT2D eigenvalue weighted by atomic mass is 10.1. The number of hydrogen-bond donors (Lipinski definition) is 1. The van der Waals surface area contributed by atoms with Gasteiger partial charge in [-0.1, -0.05) is 15.9 Å². The molecule has 0 saturated heterocycles. The summed E-state index contributed by atoms with van der Waals surface area (Å²) in [5, 5.41) is 1.27. The Bertz CT molecular complexity index is 1100. The number of hydrogen-bond acceptors (Lipinski definition) is 4. The smallest absolute Gasteiger partial charge is 0.254 e. The highest BCUT2D eigenvalue weighted by atomic mass is 79.9. The van der Waals surface area contributed by atoms with E-state index in [1.54, 1.807) is 20.3 Å². The standard InChI is InChI=1S/C24H28BrN3O3/c1-27(10-7-16-14-26-21-6-5-18(25)12-19(16)21)8-4-9-28-15-17-11-22(30-2)23(31-3)13-20(17)24(28)29/h5-6,11-14,26H,4,7-10,15H2,1-3H3. The number of nitrogens with zero attached hydrogens (tertiary/aromatic N) is 2. The van der Waals surface area contributed by atoms with E-state index < -0.39 is 0 Å². The summed E-state index contributed by atoms with van der Waals surface area (Å²) in [4.78, 5) is 20.4. The monoisotopic (exact) mass is 485 g/mol. The molecule has 1 N–H and O–H groups in total. The Morgan fingerprint density at radius 2 is 1.90 bits per heavy atom. The summed E-state index contributed by atoms with van der Waals surface area (Å²) in [6.07, 6.45) is 4.03. The lowest BCUT2D eigenvalue weighted by Crippen LogP contribution is -2.29. The average molecular weight is 486 g/mol. The summed E-state index contributed by atoms with van der Waals surface area (Å²) in [5.74, 6) is 1.34. The predicted octanol–water partition coefficient (Wildman–Crippen LogP) is 4.47. The minimum Gasteiger partial charge on any atom is -0.493 e. The molecule has 1 aliphatic heterocycles. The third-order valence-electron chi connectivity index (χ3n) is 5.95. The third kappa shape index (κ3) is 4.57. The number of methoxy groups -OCH3 is 2. The normalized spacial score (nSPS) is 13.3. The van der Waals surface area contributed by atoms with E-state index in [1.165, 1.54) is 16.5 Å². The maximum atomic E-state index is 12.8. The quantitative estimate of drug-likeness (QED) is 0.485. The van der Waals surface area contributed by atoms with E-state index in [0.29, 0.717) is 18.0 Å². The van der Waals surface area contributed by atoms with E-state index in [9.17, 15) is 4.79 Å². The molecule has 3 aromatic rings. The Hall–Kier alpha value is -2.51. The predicted molar refractivity (Wildman–Crippen MR) is 126 cm³/mol. The molecule has 6 nitrogen and oxygen atoms in total. The van der Waals surface area contributed by atoms with Crippen molar-refractivity contribution in [1.29, 1.82) is 0 Å². The number of aromatic amines is 1.